The molecule has 0 saturated carbocycles. The van der Waals surface area contributed by atoms with Crippen LogP contribution in [0.25, 0.3) is 0 Å². The van der Waals surface area contributed by atoms with Crippen molar-refractivity contribution in [3.63, 3.8) is 0 Å². The van der Waals surface area contributed by atoms with Crippen LogP contribution in [0.2, 0.25) is 0 Å². The Balaban J connectivity index is 2.60. The third kappa shape index (κ3) is 3.95. The SMILES string of the molecule is CCOc1ccccc1OCC(=O)N(CC)CC. The van der Waals surface area contributed by atoms with Crippen molar-refractivity contribution in [2.45, 2.75) is 20.8 Å². The van der Waals surface area contributed by atoms with E-state index in [0.29, 0.717) is 31.2 Å². The van der Waals surface area contributed by atoms with Crippen molar-refractivity contribution in [2.24, 2.45) is 0 Å². The summed E-state index contributed by atoms with van der Waals surface area (Å²) in [5.74, 6) is 1.28. The average Bonchev–Trinajstić information content (AvgIpc) is 2.39. The topological polar surface area (TPSA) is 38.8 Å². The van der Waals surface area contributed by atoms with Crippen LogP contribution in [-0.2, 0) is 4.79 Å². The Morgan fingerprint density at radius 2 is 1.61 bits per heavy atom. The molecular weight excluding hydrogens is 230 g/mol. The van der Waals surface area contributed by atoms with Crippen LogP contribution in [0.4, 0.5) is 0 Å². The highest BCUT2D eigenvalue weighted by Crippen LogP contribution is 2.26. The maximum Gasteiger partial charge on any atom is 0.260 e. The number of hydrogen-bond donors (Lipinski definition) is 0. The van der Waals surface area contributed by atoms with E-state index in [1.165, 1.54) is 0 Å². The number of rotatable bonds is 7. The normalized spacial score (nSPS) is 9.94. The summed E-state index contributed by atoms with van der Waals surface area (Å²) in [6.45, 7) is 7.84. The van der Waals surface area contributed by atoms with Gasteiger partial charge < -0.3 is 14.4 Å². The van der Waals surface area contributed by atoms with Gasteiger partial charge in [0.15, 0.2) is 18.1 Å². The van der Waals surface area contributed by atoms with Crippen LogP contribution in [0, 0.1) is 0 Å². The van der Waals surface area contributed by atoms with Crippen LogP contribution >= 0.6 is 0 Å². The number of benzene rings is 1. The number of carbonyl (C=O) groups excluding carboxylic acids is 1. The molecule has 0 unspecified atom stereocenters. The lowest BCUT2D eigenvalue weighted by molar-refractivity contribution is -0.132. The fourth-order valence-corrected chi connectivity index (χ4v) is 1.65. The molecule has 0 aromatic heterocycles. The number of hydrogen-bond acceptors (Lipinski definition) is 3. The lowest BCUT2D eigenvalue weighted by atomic mass is 10.3. The van der Waals surface area contributed by atoms with E-state index in [1.54, 1.807) is 11.0 Å². The minimum absolute atomic E-state index is 0.00805. The maximum absolute atomic E-state index is 11.8. The van der Waals surface area contributed by atoms with E-state index in [9.17, 15) is 4.79 Å². The van der Waals surface area contributed by atoms with Gasteiger partial charge in [0.05, 0.1) is 6.61 Å². The second-order valence-electron chi connectivity index (χ2n) is 3.73. The van der Waals surface area contributed by atoms with Gasteiger partial charge in [-0.2, -0.15) is 0 Å². The molecular formula is C14H21NO3. The van der Waals surface area contributed by atoms with E-state index in [2.05, 4.69) is 0 Å². The summed E-state index contributed by atoms with van der Waals surface area (Å²) in [4.78, 5) is 13.5. The van der Waals surface area contributed by atoms with Gasteiger partial charge in [0, 0.05) is 13.1 Å². The summed E-state index contributed by atoms with van der Waals surface area (Å²) >= 11 is 0. The predicted octanol–water partition coefficient (Wildman–Crippen LogP) is 2.33. The average molecular weight is 251 g/mol. The van der Waals surface area contributed by atoms with Crippen LogP contribution in [0.3, 0.4) is 0 Å². The number of para-hydroxylation sites is 2. The molecule has 100 valence electrons. The third-order valence-corrected chi connectivity index (χ3v) is 2.62. The quantitative estimate of drug-likeness (QED) is 0.746. The molecule has 0 heterocycles. The van der Waals surface area contributed by atoms with Gasteiger partial charge in [-0.1, -0.05) is 12.1 Å². The van der Waals surface area contributed by atoms with Crippen LogP contribution < -0.4 is 9.47 Å². The van der Waals surface area contributed by atoms with Gasteiger partial charge >= 0.3 is 0 Å². The van der Waals surface area contributed by atoms with Gasteiger partial charge in [0.1, 0.15) is 0 Å². The molecule has 1 rings (SSSR count). The van der Waals surface area contributed by atoms with E-state index < -0.39 is 0 Å². The minimum atomic E-state index is -0.00805. The summed E-state index contributed by atoms with van der Waals surface area (Å²) < 4.78 is 11.0. The number of amides is 1. The van der Waals surface area contributed by atoms with E-state index >= 15 is 0 Å². The van der Waals surface area contributed by atoms with Crippen LogP contribution in [0.5, 0.6) is 11.5 Å². The molecule has 4 heteroatoms. The molecule has 0 aliphatic carbocycles. The zero-order valence-corrected chi connectivity index (χ0v) is 11.3. The zero-order chi connectivity index (χ0) is 13.4. The van der Waals surface area contributed by atoms with Crippen molar-refractivity contribution < 1.29 is 14.3 Å². The van der Waals surface area contributed by atoms with Gasteiger partial charge in [-0.25, -0.2) is 0 Å². The van der Waals surface area contributed by atoms with Crippen LogP contribution in [-0.4, -0.2) is 37.1 Å². The molecule has 0 N–H and O–H groups in total. The summed E-state index contributed by atoms with van der Waals surface area (Å²) in [6, 6.07) is 7.38. The number of ether oxygens (including phenoxy) is 2. The Kier molecular flexibility index (Phi) is 6.05. The molecule has 0 fully saturated rings. The third-order valence-electron chi connectivity index (χ3n) is 2.62. The van der Waals surface area contributed by atoms with Crippen molar-refractivity contribution in [1.29, 1.82) is 0 Å². The Hall–Kier alpha value is -1.71. The van der Waals surface area contributed by atoms with Gasteiger partial charge in [-0.3, -0.25) is 4.79 Å². The zero-order valence-electron chi connectivity index (χ0n) is 11.3. The lowest BCUT2D eigenvalue weighted by Crippen LogP contribution is -2.34. The van der Waals surface area contributed by atoms with E-state index in [4.69, 9.17) is 9.47 Å². The highest BCUT2D eigenvalue weighted by molar-refractivity contribution is 5.77. The van der Waals surface area contributed by atoms with E-state index in [0.717, 1.165) is 0 Å². The fourth-order valence-electron chi connectivity index (χ4n) is 1.65. The summed E-state index contributed by atoms with van der Waals surface area (Å²) in [6.07, 6.45) is 0. The molecule has 18 heavy (non-hydrogen) atoms. The highest BCUT2D eigenvalue weighted by atomic mass is 16.5. The van der Waals surface area contributed by atoms with Crippen LogP contribution in [0.15, 0.2) is 24.3 Å². The Labute approximate surface area is 108 Å². The van der Waals surface area contributed by atoms with Crippen molar-refractivity contribution in [3.8, 4) is 11.5 Å². The van der Waals surface area contributed by atoms with Gasteiger partial charge in [0.25, 0.3) is 5.91 Å². The van der Waals surface area contributed by atoms with Crippen LogP contribution in [0.1, 0.15) is 20.8 Å². The Bertz CT molecular complexity index is 375. The van der Waals surface area contributed by atoms with E-state index in [-0.39, 0.29) is 12.5 Å². The van der Waals surface area contributed by atoms with Gasteiger partial charge in [-0.05, 0) is 32.9 Å². The molecule has 1 amide bonds. The molecule has 0 aliphatic heterocycles. The Morgan fingerprint density at radius 3 is 2.11 bits per heavy atom. The van der Waals surface area contributed by atoms with Gasteiger partial charge in [-0.15, -0.1) is 0 Å². The number of nitrogens with zero attached hydrogens (tertiary/aromatic N) is 1. The maximum atomic E-state index is 11.8. The number of likely N-dealkylation sites (N-methyl/N-ethyl adjacent to an activating group) is 1. The van der Waals surface area contributed by atoms with E-state index in [1.807, 2.05) is 39.0 Å². The smallest absolute Gasteiger partial charge is 0.260 e. The summed E-state index contributed by atoms with van der Waals surface area (Å²) in [7, 11) is 0. The first-order chi connectivity index (χ1) is 8.72. The minimum Gasteiger partial charge on any atom is -0.490 e. The summed E-state index contributed by atoms with van der Waals surface area (Å²) in [5.41, 5.74) is 0. The monoisotopic (exact) mass is 251 g/mol. The molecule has 0 bridgehead atoms. The molecule has 0 spiro atoms. The Morgan fingerprint density at radius 1 is 1.06 bits per heavy atom. The van der Waals surface area contributed by atoms with Crippen molar-refractivity contribution >= 4 is 5.91 Å². The molecule has 0 radical (unpaired) electrons. The predicted molar refractivity (Wildman–Crippen MR) is 71.0 cm³/mol. The largest absolute Gasteiger partial charge is 0.490 e. The lowest BCUT2D eigenvalue weighted by Gasteiger charge is -2.19. The second-order valence-corrected chi connectivity index (χ2v) is 3.73. The second kappa shape index (κ2) is 7.58. The number of carbonyl (C=O) groups is 1. The first-order valence-corrected chi connectivity index (χ1v) is 6.35. The summed E-state index contributed by atoms with van der Waals surface area (Å²) in [5, 5.41) is 0. The molecule has 4 nitrogen and oxygen atoms in total. The van der Waals surface area contributed by atoms with Crippen molar-refractivity contribution in [2.75, 3.05) is 26.3 Å². The fraction of sp³-hybridized carbons (Fsp3) is 0.500. The highest BCUT2D eigenvalue weighted by Gasteiger charge is 2.11. The molecule has 0 atom stereocenters. The molecule has 0 saturated heterocycles. The van der Waals surface area contributed by atoms with Crippen molar-refractivity contribution in [1.82, 2.24) is 4.90 Å². The molecule has 1 aromatic rings. The van der Waals surface area contributed by atoms with Gasteiger partial charge in [0.2, 0.25) is 0 Å². The molecule has 0 aliphatic rings. The van der Waals surface area contributed by atoms with Crippen molar-refractivity contribution in [3.05, 3.63) is 24.3 Å². The standard InChI is InChI=1S/C14H21NO3/c1-4-15(5-2)14(16)11-18-13-10-8-7-9-12(13)17-6-3/h7-10H,4-6,11H2,1-3H3. The first-order valence-electron chi connectivity index (χ1n) is 6.35. The molecule has 1 aromatic carbocycles. The first kappa shape index (κ1) is 14.4.